The lowest BCUT2D eigenvalue weighted by molar-refractivity contribution is 0.560. The van der Waals surface area contributed by atoms with Crippen molar-refractivity contribution in [2.24, 2.45) is 0 Å². The quantitative estimate of drug-likeness (QED) is 0.759. The van der Waals surface area contributed by atoms with Crippen LogP contribution in [0.25, 0.3) is 11.4 Å². The zero-order chi connectivity index (χ0) is 11.8. The lowest BCUT2D eigenvalue weighted by atomic mass is 9.90. The molecule has 0 fully saturated rings. The molecule has 84 valence electrons. The zero-order valence-electron chi connectivity index (χ0n) is 9.98. The van der Waals surface area contributed by atoms with E-state index in [9.17, 15) is 0 Å². The van der Waals surface area contributed by atoms with Crippen LogP contribution < -0.4 is 0 Å². The Morgan fingerprint density at radius 1 is 1.12 bits per heavy atom. The van der Waals surface area contributed by atoms with E-state index in [0.717, 1.165) is 22.8 Å². The number of hydrogen-bond acceptors (Lipinski definition) is 4. The molecule has 0 atom stereocenters. The molecule has 0 aromatic carbocycles. The largest absolute Gasteiger partial charge is 0.257 e. The smallest absolute Gasteiger partial charge is 0.108 e. The highest BCUT2D eigenvalue weighted by molar-refractivity contribution is 7.07. The van der Waals surface area contributed by atoms with Crippen molar-refractivity contribution < 1.29 is 0 Å². The highest BCUT2D eigenvalue weighted by Gasteiger charge is 2.20. The Morgan fingerprint density at radius 3 is 2.44 bits per heavy atom. The number of aromatic nitrogens is 3. The third-order valence-corrected chi connectivity index (χ3v) is 2.95. The van der Waals surface area contributed by atoms with Crippen LogP contribution in [0.4, 0.5) is 0 Å². The van der Waals surface area contributed by atoms with E-state index < -0.39 is 0 Å². The Morgan fingerprint density at radius 2 is 1.88 bits per heavy atom. The predicted molar refractivity (Wildman–Crippen MR) is 66.6 cm³/mol. The monoisotopic (exact) mass is 233 g/mol. The molecule has 16 heavy (non-hydrogen) atoms. The first-order valence-corrected chi connectivity index (χ1v) is 6.15. The Bertz CT molecular complexity index is 483. The average Bonchev–Trinajstić information content (AvgIpc) is 2.69. The van der Waals surface area contributed by atoms with Crippen molar-refractivity contribution in [1.82, 2.24) is 15.0 Å². The summed E-state index contributed by atoms with van der Waals surface area (Å²) in [5, 5.41) is 1.99. The molecule has 0 unspecified atom stereocenters. The van der Waals surface area contributed by atoms with Gasteiger partial charge in [0.15, 0.2) is 0 Å². The molecule has 0 N–H and O–H groups in total. The summed E-state index contributed by atoms with van der Waals surface area (Å²) in [6, 6.07) is 0. The third-order valence-electron chi connectivity index (χ3n) is 2.36. The number of nitrogens with zero attached hydrogens (tertiary/aromatic N) is 3. The Labute approximate surface area is 99.6 Å². The normalized spacial score (nSPS) is 11.8. The van der Waals surface area contributed by atoms with Gasteiger partial charge in [-0.05, 0) is 6.92 Å². The van der Waals surface area contributed by atoms with E-state index in [4.69, 9.17) is 0 Å². The molecule has 4 heteroatoms. The maximum absolute atomic E-state index is 4.67. The lowest BCUT2D eigenvalue weighted by Gasteiger charge is -2.19. The van der Waals surface area contributed by atoms with Crippen LogP contribution in [-0.4, -0.2) is 15.0 Å². The first-order chi connectivity index (χ1) is 7.48. The Hall–Kier alpha value is -1.29. The van der Waals surface area contributed by atoms with E-state index in [2.05, 4.69) is 35.7 Å². The van der Waals surface area contributed by atoms with Gasteiger partial charge in [-0.1, -0.05) is 20.8 Å². The van der Waals surface area contributed by atoms with E-state index in [0.29, 0.717) is 0 Å². The fourth-order valence-electron chi connectivity index (χ4n) is 1.62. The second-order valence-corrected chi connectivity index (χ2v) is 5.53. The number of thiazole rings is 1. The second-order valence-electron chi connectivity index (χ2n) is 4.81. The van der Waals surface area contributed by atoms with E-state index in [1.165, 1.54) is 0 Å². The van der Waals surface area contributed by atoms with Crippen molar-refractivity contribution in [3.63, 3.8) is 0 Å². The third kappa shape index (κ3) is 2.11. The van der Waals surface area contributed by atoms with Gasteiger partial charge in [-0.2, -0.15) is 0 Å². The van der Waals surface area contributed by atoms with Crippen LogP contribution in [0.1, 0.15) is 32.2 Å². The summed E-state index contributed by atoms with van der Waals surface area (Å²) in [7, 11) is 0. The van der Waals surface area contributed by atoms with Crippen LogP contribution in [-0.2, 0) is 5.41 Å². The first kappa shape index (κ1) is 11.2. The molecule has 0 amide bonds. The number of rotatable bonds is 1. The Balaban J connectivity index is 2.52. The maximum Gasteiger partial charge on any atom is 0.108 e. The number of hydrogen-bond donors (Lipinski definition) is 0. The Kier molecular flexibility index (Phi) is 2.76. The average molecular weight is 233 g/mol. The van der Waals surface area contributed by atoms with Gasteiger partial charge in [-0.15, -0.1) is 11.3 Å². The van der Waals surface area contributed by atoms with Crippen LogP contribution in [0.15, 0.2) is 17.1 Å². The molecule has 2 heterocycles. The molecule has 2 aromatic heterocycles. The minimum atomic E-state index is 0.0170. The van der Waals surface area contributed by atoms with E-state index in [1.807, 2.05) is 17.8 Å². The summed E-state index contributed by atoms with van der Waals surface area (Å²) < 4.78 is 0. The second kappa shape index (κ2) is 3.94. The van der Waals surface area contributed by atoms with Crippen molar-refractivity contribution >= 4 is 11.3 Å². The van der Waals surface area contributed by atoms with Gasteiger partial charge in [0, 0.05) is 10.8 Å². The summed E-state index contributed by atoms with van der Waals surface area (Å²) in [5.41, 5.74) is 5.63. The minimum absolute atomic E-state index is 0.0170. The fourth-order valence-corrected chi connectivity index (χ4v) is 2.17. The molecule has 0 aliphatic rings. The summed E-state index contributed by atoms with van der Waals surface area (Å²) in [4.78, 5) is 13.3. The van der Waals surface area contributed by atoms with E-state index in [-0.39, 0.29) is 5.41 Å². The standard InChI is InChI=1S/C12H15N3S/c1-8-11(12(2,3)4)15-9(5-13-8)10-6-16-7-14-10/h5-7H,1-4H3. The van der Waals surface area contributed by atoms with Crippen LogP contribution in [0.3, 0.4) is 0 Å². The first-order valence-electron chi connectivity index (χ1n) is 5.21. The van der Waals surface area contributed by atoms with Crippen LogP contribution in [0.2, 0.25) is 0 Å². The van der Waals surface area contributed by atoms with Gasteiger partial charge in [0.1, 0.15) is 11.4 Å². The SMILES string of the molecule is Cc1ncc(-c2cscn2)nc1C(C)(C)C. The van der Waals surface area contributed by atoms with Gasteiger partial charge in [0.05, 0.1) is 23.1 Å². The molecule has 0 spiro atoms. The molecule has 2 aromatic rings. The molecular formula is C12H15N3S. The minimum Gasteiger partial charge on any atom is -0.257 e. The topological polar surface area (TPSA) is 38.7 Å². The molecule has 0 saturated carbocycles. The molecule has 2 rings (SSSR count). The van der Waals surface area contributed by atoms with Crippen molar-refractivity contribution in [3.8, 4) is 11.4 Å². The maximum atomic E-state index is 4.67. The van der Waals surface area contributed by atoms with Crippen molar-refractivity contribution in [2.45, 2.75) is 33.1 Å². The van der Waals surface area contributed by atoms with Crippen LogP contribution in [0.5, 0.6) is 0 Å². The predicted octanol–water partition coefficient (Wildman–Crippen LogP) is 3.21. The van der Waals surface area contributed by atoms with Gasteiger partial charge in [-0.25, -0.2) is 9.97 Å². The van der Waals surface area contributed by atoms with Gasteiger partial charge in [0.2, 0.25) is 0 Å². The fraction of sp³-hybridized carbons (Fsp3) is 0.417. The highest BCUT2D eigenvalue weighted by Crippen LogP contribution is 2.25. The van der Waals surface area contributed by atoms with Crippen molar-refractivity contribution in [3.05, 3.63) is 28.5 Å². The summed E-state index contributed by atoms with van der Waals surface area (Å²) in [6.45, 7) is 8.44. The van der Waals surface area contributed by atoms with Crippen molar-refractivity contribution in [2.75, 3.05) is 0 Å². The molecule has 0 saturated heterocycles. The van der Waals surface area contributed by atoms with E-state index >= 15 is 0 Å². The van der Waals surface area contributed by atoms with Gasteiger partial charge in [0.25, 0.3) is 0 Å². The summed E-state index contributed by atoms with van der Waals surface area (Å²) in [5.74, 6) is 0. The van der Waals surface area contributed by atoms with Crippen LogP contribution in [0, 0.1) is 6.92 Å². The number of aryl methyl sites for hydroxylation is 1. The van der Waals surface area contributed by atoms with Gasteiger partial charge >= 0.3 is 0 Å². The van der Waals surface area contributed by atoms with Crippen LogP contribution >= 0.6 is 11.3 Å². The van der Waals surface area contributed by atoms with Crippen molar-refractivity contribution in [1.29, 1.82) is 0 Å². The zero-order valence-corrected chi connectivity index (χ0v) is 10.8. The molecule has 0 bridgehead atoms. The highest BCUT2D eigenvalue weighted by atomic mass is 32.1. The van der Waals surface area contributed by atoms with Gasteiger partial charge in [-0.3, -0.25) is 4.98 Å². The molecular weight excluding hydrogens is 218 g/mol. The molecule has 0 aliphatic carbocycles. The molecule has 0 radical (unpaired) electrons. The molecule has 3 nitrogen and oxygen atoms in total. The summed E-state index contributed by atoms with van der Waals surface area (Å²) >= 11 is 1.57. The summed E-state index contributed by atoms with van der Waals surface area (Å²) in [6.07, 6.45) is 1.79. The lowest BCUT2D eigenvalue weighted by Crippen LogP contribution is -2.16. The van der Waals surface area contributed by atoms with E-state index in [1.54, 1.807) is 17.5 Å². The van der Waals surface area contributed by atoms with Gasteiger partial charge < -0.3 is 0 Å². The molecule has 0 aliphatic heterocycles.